The number of hydrogen-bond acceptors (Lipinski definition) is 6. The third kappa shape index (κ3) is 4.13. The van der Waals surface area contributed by atoms with Crippen molar-refractivity contribution in [2.24, 2.45) is 0 Å². The van der Waals surface area contributed by atoms with Gasteiger partial charge in [-0.2, -0.15) is 0 Å². The Kier molecular flexibility index (Phi) is 5.71. The molecule has 1 aliphatic rings. The lowest BCUT2D eigenvalue weighted by Crippen LogP contribution is -2.43. The maximum atomic E-state index is 12.2. The van der Waals surface area contributed by atoms with Crippen LogP contribution in [0.25, 0.3) is 0 Å². The molecule has 2 rings (SSSR count). The average Bonchev–Trinajstić information content (AvgIpc) is 2.55. The predicted molar refractivity (Wildman–Crippen MR) is 92.6 cm³/mol. The van der Waals surface area contributed by atoms with Gasteiger partial charge in [-0.3, -0.25) is 4.79 Å². The van der Waals surface area contributed by atoms with Crippen LogP contribution in [0.15, 0.2) is 35.6 Å². The van der Waals surface area contributed by atoms with Crippen molar-refractivity contribution in [1.82, 2.24) is 4.90 Å². The minimum Gasteiger partial charge on any atom is -0.511 e. The molecule has 0 saturated heterocycles. The first-order chi connectivity index (χ1) is 11.8. The van der Waals surface area contributed by atoms with Gasteiger partial charge in [-0.1, -0.05) is 12.2 Å². The first-order valence-electron chi connectivity index (χ1n) is 7.40. The van der Waals surface area contributed by atoms with E-state index in [1.165, 1.54) is 12.1 Å². The van der Waals surface area contributed by atoms with Crippen molar-refractivity contribution in [1.29, 1.82) is 0 Å². The van der Waals surface area contributed by atoms with Crippen molar-refractivity contribution < 1.29 is 29.3 Å². The van der Waals surface area contributed by atoms with Gasteiger partial charge in [0.25, 0.3) is 5.91 Å². The SMILES string of the molecule is CCOC(=O)c1ccc(NC(=S)C2=C(O)CCN(C(=O)O)C2=O)cc1. The fourth-order valence-corrected chi connectivity index (χ4v) is 2.53. The lowest BCUT2D eigenvalue weighted by atomic mass is 10.1. The smallest absolute Gasteiger partial charge is 0.414 e. The Hall–Kier alpha value is -2.94. The number of nitrogens with zero attached hydrogens (tertiary/aromatic N) is 1. The highest BCUT2D eigenvalue weighted by Gasteiger charge is 2.33. The van der Waals surface area contributed by atoms with Gasteiger partial charge < -0.3 is 20.3 Å². The fraction of sp³-hybridized carbons (Fsp3) is 0.250. The van der Waals surface area contributed by atoms with Crippen molar-refractivity contribution >= 4 is 40.9 Å². The van der Waals surface area contributed by atoms with Crippen LogP contribution in [0, 0.1) is 0 Å². The van der Waals surface area contributed by atoms with Crippen LogP contribution in [0.4, 0.5) is 10.5 Å². The molecule has 1 aromatic carbocycles. The molecular weight excluding hydrogens is 348 g/mol. The lowest BCUT2D eigenvalue weighted by Gasteiger charge is -2.25. The maximum absolute atomic E-state index is 12.2. The largest absolute Gasteiger partial charge is 0.511 e. The molecule has 0 atom stereocenters. The van der Waals surface area contributed by atoms with Crippen molar-refractivity contribution in [2.75, 3.05) is 18.5 Å². The number of nitrogens with one attached hydrogen (secondary N) is 1. The number of rotatable bonds is 4. The third-order valence-electron chi connectivity index (χ3n) is 3.43. The highest BCUT2D eigenvalue weighted by molar-refractivity contribution is 7.81. The van der Waals surface area contributed by atoms with Crippen LogP contribution in [0.2, 0.25) is 0 Å². The molecule has 0 bridgehead atoms. The van der Waals surface area contributed by atoms with Crippen LogP contribution >= 0.6 is 12.2 Å². The quantitative estimate of drug-likeness (QED) is 0.551. The van der Waals surface area contributed by atoms with E-state index in [9.17, 15) is 19.5 Å². The minimum absolute atomic E-state index is 0.00299. The molecule has 2 amide bonds. The zero-order valence-electron chi connectivity index (χ0n) is 13.3. The normalized spacial score (nSPS) is 14.3. The van der Waals surface area contributed by atoms with Crippen LogP contribution in [0.5, 0.6) is 0 Å². The zero-order chi connectivity index (χ0) is 18.6. The summed E-state index contributed by atoms with van der Waals surface area (Å²) in [5.41, 5.74) is 0.572. The number of aliphatic hydroxyl groups excluding tert-OH is 1. The number of carbonyl (C=O) groups is 3. The first kappa shape index (κ1) is 18.4. The molecule has 0 saturated carbocycles. The van der Waals surface area contributed by atoms with E-state index in [2.05, 4.69) is 5.32 Å². The molecule has 8 nitrogen and oxygen atoms in total. The molecule has 25 heavy (non-hydrogen) atoms. The Morgan fingerprint density at radius 2 is 1.96 bits per heavy atom. The molecule has 0 spiro atoms. The van der Waals surface area contributed by atoms with Gasteiger partial charge in [0.15, 0.2) is 0 Å². The fourth-order valence-electron chi connectivity index (χ4n) is 2.21. The van der Waals surface area contributed by atoms with E-state index in [1.54, 1.807) is 19.1 Å². The summed E-state index contributed by atoms with van der Waals surface area (Å²) >= 11 is 5.11. The van der Waals surface area contributed by atoms with Gasteiger partial charge in [0.1, 0.15) is 16.3 Å². The van der Waals surface area contributed by atoms with Gasteiger partial charge in [-0.15, -0.1) is 0 Å². The number of anilines is 1. The molecule has 0 aromatic heterocycles. The van der Waals surface area contributed by atoms with Crippen molar-refractivity contribution in [3.05, 3.63) is 41.2 Å². The average molecular weight is 364 g/mol. The van der Waals surface area contributed by atoms with Crippen molar-refractivity contribution in [3.8, 4) is 0 Å². The lowest BCUT2D eigenvalue weighted by molar-refractivity contribution is -0.125. The monoisotopic (exact) mass is 364 g/mol. The van der Waals surface area contributed by atoms with Gasteiger partial charge >= 0.3 is 12.1 Å². The number of esters is 1. The number of carbonyl (C=O) groups excluding carboxylic acids is 2. The number of benzene rings is 1. The Balaban J connectivity index is 2.14. The summed E-state index contributed by atoms with van der Waals surface area (Å²) in [4.78, 5) is 35.3. The predicted octanol–water partition coefficient (Wildman–Crippen LogP) is 2.33. The Morgan fingerprint density at radius 3 is 2.52 bits per heavy atom. The number of aliphatic hydroxyl groups is 1. The number of thiocarbonyl (C=S) groups is 1. The van der Waals surface area contributed by atoms with Gasteiger partial charge in [0.2, 0.25) is 0 Å². The molecule has 9 heteroatoms. The van der Waals surface area contributed by atoms with Crippen LogP contribution < -0.4 is 5.32 Å². The molecule has 132 valence electrons. The second-order valence-electron chi connectivity index (χ2n) is 5.06. The first-order valence-corrected chi connectivity index (χ1v) is 7.81. The van der Waals surface area contributed by atoms with E-state index >= 15 is 0 Å². The third-order valence-corrected chi connectivity index (χ3v) is 3.74. The van der Waals surface area contributed by atoms with Crippen molar-refractivity contribution in [3.63, 3.8) is 0 Å². The number of ether oxygens (including phenoxy) is 1. The summed E-state index contributed by atoms with van der Waals surface area (Å²) in [5, 5.41) is 21.7. The van der Waals surface area contributed by atoms with Crippen molar-refractivity contribution in [2.45, 2.75) is 13.3 Å². The summed E-state index contributed by atoms with van der Waals surface area (Å²) in [7, 11) is 0. The molecule has 0 unspecified atom stereocenters. The highest BCUT2D eigenvalue weighted by atomic mass is 32.1. The van der Waals surface area contributed by atoms with Gasteiger partial charge in [0, 0.05) is 18.7 Å². The molecule has 1 aromatic rings. The molecule has 0 fully saturated rings. The van der Waals surface area contributed by atoms with Crippen LogP contribution in [-0.2, 0) is 9.53 Å². The Labute approximate surface area is 148 Å². The van der Waals surface area contributed by atoms with Crippen LogP contribution in [0.3, 0.4) is 0 Å². The van der Waals surface area contributed by atoms with Gasteiger partial charge in [-0.05, 0) is 31.2 Å². The van der Waals surface area contributed by atoms with Crippen LogP contribution in [-0.4, -0.2) is 51.2 Å². The van der Waals surface area contributed by atoms with E-state index in [-0.39, 0.29) is 35.9 Å². The van der Waals surface area contributed by atoms with E-state index in [1.807, 2.05) is 0 Å². The summed E-state index contributed by atoms with van der Waals surface area (Å²) in [5.74, 6) is -1.60. The molecule has 1 heterocycles. The molecule has 0 radical (unpaired) electrons. The molecule has 0 aliphatic carbocycles. The molecular formula is C16H16N2O6S. The summed E-state index contributed by atoms with van der Waals surface area (Å²) in [6.07, 6.45) is -1.41. The van der Waals surface area contributed by atoms with E-state index < -0.39 is 18.0 Å². The van der Waals surface area contributed by atoms with Gasteiger partial charge in [-0.25, -0.2) is 14.5 Å². The standard InChI is InChI=1S/C16H16N2O6S/c1-2-24-15(21)9-3-5-10(6-4-9)17-13(25)12-11(19)7-8-18(14(12)20)16(22)23/h3-6,19H,2,7-8H2,1H3,(H,17,25)(H,22,23). The highest BCUT2D eigenvalue weighted by Crippen LogP contribution is 2.21. The number of hydrogen-bond donors (Lipinski definition) is 3. The maximum Gasteiger partial charge on any atom is 0.414 e. The Morgan fingerprint density at radius 1 is 1.32 bits per heavy atom. The van der Waals surface area contributed by atoms with E-state index in [4.69, 9.17) is 22.1 Å². The second-order valence-corrected chi connectivity index (χ2v) is 5.47. The number of carboxylic acid groups (broad SMARTS) is 1. The van der Waals surface area contributed by atoms with Crippen LogP contribution in [0.1, 0.15) is 23.7 Å². The summed E-state index contributed by atoms with van der Waals surface area (Å²) in [6, 6.07) is 6.14. The van der Waals surface area contributed by atoms with E-state index in [0.29, 0.717) is 16.2 Å². The number of imide groups is 1. The molecule has 3 N–H and O–H groups in total. The Bertz CT molecular complexity index is 756. The zero-order valence-corrected chi connectivity index (χ0v) is 14.1. The summed E-state index contributed by atoms with van der Waals surface area (Å²) < 4.78 is 4.87. The van der Waals surface area contributed by atoms with E-state index in [0.717, 1.165) is 0 Å². The topological polar surface area (TPSA) is 116 Å². The number of amides is 2. The minimum atomic E-state index is -1.41. The second kappa shape index (κ2) is 7.75. The molecule has 1 aliphatic heterocycles. The summed E-state index contributed by atoms with van der Waals surface area (Å²) in [6.45, 7) is 1.84. The van der Waals surface area contributed by atoms with Gasteiger partial charge in [0.05, 0.1) is 12.2 Å².